The molecule has 98 valence electrons. The predicted octanol–water partition coefficient (Wildman–Crippen LogP) is 3.92. The Morgan fingerprint density at radius 3 is 2.63 bits per heavy atom. The SMILES string of the molecule is COc1ccc(C(=O)c2cccc(N)c2Br)c(Cl)c1. The number of hydrogen-bond acceptors (Lipinski definition) is 3. The van der Waals surface area contributed by atoms with Gasteiger partial charge in [-0.25, -0.2) is 0 Å². The molecule has 2 aromatic carbocycles. The minimum Gasteiger partial charge on any atom is -0.497 e. The van der Waals surface area contributed by atoms with Crippen molar-refractivity contribution in [3.63, 3.8) is 0 Å². The minimum atomic E-state index is -0.188. The highest BCUT2D eigenvalue weighted by Gasteiger charge is 2.17. The fraction of sp³-hybridized carbons (Fsp3) is 0.0714. The van der Waals surface area contributed by atoms with E-state index in [1.54, 1.807) is 43.5 Å². The molecule has 3 nitrogen and oxygen atoms in total. The summed E-state index contributed by atoms with van der Waals surface area (Å²) in [6.45, 7) is 0. The van der Waals surface area contributed by atoms with Crippen LogP contribution in [0.15, 0.2) is 40.9 Å². The summed E-state index contributed by atoms with van der Waals surface area (Å²) >= 11 is 9.41. The van der Waals surface area contributed by atoms with E-state index in [0.717, 1.165) is 0 Å². The molecule has 0 atom stereocenters. The van der Waals surface area contributed by atoms with Crippen LogP contribution >= 0.6 is 27.5 Å². The molecule has 0 unspecified atom stereocenters. The zero-order valence-corrected chi connectivity index (χ0v) is 12.5. The minimum absolute atomic E-state index is 0.188. The number of nitrogen functional groups attached to an aromatic ring is 1. The smallest absolute Gasteiger partial charge is 0.195 e. The zero-order valence-electron chi connectivity index (χ0n) is 10.1. The summed E-state index contributed by atoms with van der Waals surface area (Å²) in [7, 11) is 1.54. The van der Waals surface area contributed by atoms with E-state index in [9.17, 15) is 4.79 Å². The van der Waals surface area contributed by atoms with E-state index in [1.807, 2.05) is 0 Å². The fourth-order valence-corrected chi connectivity index (χ4v) is 2.38. The third-order valence-corrected chi connectivity index (χ3v) is 3.89. The summed E-state index contributed by atoms with van der Waals surface area (Å²) in [5.74, 6) is 0.417. The maximum atomic E-state index is 12.4. The van der Waals surface area contributed by atoms with Crippen molar-refractivity contribution in [3.8, 4) is 5.75 Å². The van der Waals surface area contributed by atoms with E-state index >= 15 is 0 Å². The number of hydrogen-bond donors (Lipinski definition) is 1. The van der Waals surface area contributed by atoms with Gasteiger partial charge in [0.15, 0.2) is 5.78 Å². The van der Waals surface area contributed by atoms with E-state index in [0.29, 0.717) is 32.1 Å². The van der Waals surface area contributed by atoms with Crippen LogP contribution < -0.4 is 10.5 Å². The Morgan fingerprint density at radius 2 is 2.00 bits per heavy atom. The van der Waals surface area contributed by atoms with Gasteiger partial charge >= 0.3 is 0 Å². The second-order valence-corrected chi connectivity index (χ2v) is 5.08. The topological polar surface area (TPSA) is 52.3 Å². The molecule has 0 fully saturated rings. The Bertz CT molecular complexity index is 643. The van der Waals surface area contributed by atoms with Crippen molar-refractivity contribution in [3.05, 3.63) is 57.0 Å². The van der Waals surface area contributed by atoms with Gasteiger partial charge in [0, 0.05) is 16.8 Å². The molecule has 0 aliphatic heterocycles. The normalized spacial score (nSPS) is 10.3. The number of benzene rings is 2. The molecule has 5 heteroatoms. The summed E-state index contributed by atoms with van der Waals surface area (Å²) in [6.07, 6.45) is 0. The number of carbonyl (C=O) groups excluding carboxylic acids is 1. The summed E-state index contributed by atoms with van der Waals surface area (Å²) in [6, 6.07) is 10.1. The lowest BCUT2D eigenvalue weighted by molar-refractivity contribution is 0.103. The van der Waals surface area contributed by atoms with Gasteiger partial charge in [0.25, 0.3) is 0 Å². The summed E-state index contributed by atoms with van der Waals surface area (Å²) in [5.41, 5.74) is 7.17. The van der Waals surface area contributed by atoms with Crippen LogP contribution in [0.5, 0.6) is 5.75 Å². The standard InChI is InChI=1S/C14H11BrClNO2/c1-19-8-5-6-9(11(16)7-8)14(18)10-3-2-4-12(17)13(10)15/h2-7H,17H2,1H3. The Labute approximate surface area is 124 Å². The van der Waals surface area contributed by atoms with Crippen molar-refractivity contribution in [1.29, 1.82) is 0 Å². The lowest BCUT2D eigenvalue weighted by Gasteiger charge is -2.08. The highest BCUT2D eigenvalue weighted by atomic mass is 79.9. The molecule has 0 aromatic heterocycles. The van der Waals surface area contributed by atoms with Gasteiger partial charge in [-0.2, -0.15) is 0 Å². The molecule has 0 aliphatic rings. The molecule has 0 saturated heterocycles. The number of ketones is 1. The number of anilines is 1. The number of halogens is 2. The van der Waals surface area contributed by atoms with Crippen molar-refractivity contribution in [1.82, 2.24) is 0 Å². The van der Waals surface area contributed by atoms with Crippen molar-refractivity contribution in [2.75, 3.05) is 12.8 Å². The van der Waals surface area contributed by atoms with Crippen LogP contribution in [-0.4, -0.2) is 12.9 Å². The Hall–Kier alpha value is -1.52. The first-order valence-electron chi connectivity index (χ1n) is 5.47. The molecule has 0 radical (unpaired) electrons. The van der Waals surface area contributed by atoms with E-state index < -0.39 is 0 Å². The molecule has 0 spiro atoms. The predicted molar refractivity (Wildman–Crippen MR) is 80.0 cm³/mol. The quantitative estimate of drug-likeness (QED) is 0.680. The number of ether oxygens (including phenoxy) is 1. The van der Waals surface area contributed by atoms with Crippen molar-refractivity contribution >= 4 is 39.0 Å². The second kappa shape index (κ2) is 5.63. The Balaban J connectivity index is 2.47. The molecule has 0 aliphatic carbocycles. The van der Waals surface area contributed by atoms with E-state index in [1.165, 1.54) is 0 Å². The molecule has 0 saturated carbocycles. The van der Waals surface area contributed by atoms with Crippen molar-refractivity contribution in [2.45, 2.75) is 0 Å². The molecule has 0 amide bonds. The van der Waals surface area contributed by atoms with Gasteiger partial charge < -0.3 is 10.5 Å². The van der Waals surface area contributed by atoms with Crippen LogP contribution in [0.25, 0.3) is 0 Å². The lowest BCUT2D eigenvalue weighted by Crippen LogP contribution is -2.04. The number of rotatable bonds is 3. The molecule has 0 bridgehead atoms. The van der Waals surface area contributed by atoms with Crippen molar-refractivity contribution < 1.29 is 9.53 Å². The molecular formula is C14H11BrClNO2. The van der Waals surface area contributed by atoms with E-state index in [-0.39, 0.29) is 5.78 Å². The molecular weight excluding hydrogens is 330 g/mol. The van der Waals surface area contributed by atoms with E-state index in [2.05, 4.69) is 15.9 Å². The first kappa shape index (κ1) is 13.9. The zero-order chi connectivity index (χ0) is 14.0. The van der Waals surface area contributed by atoms with Crippen LogP contribution in [0.3, 0.4) is 0 Å². The first-order chi connectivity index (χ1) is 9.04. The summed E-state index contributed by atoms with van der Waals surface area (Å²) in [4.78, 5) is 12.4. The molecule has 2 N–H and O–H groups in total. The molecule has 19 heavy (non-hydrogen) atoms. The van der Waals surface area contributed by atoms with Crippen LogP contribution in [0.1, 0.15) is 15.9 Å². The van der Waals surface area contributed by atoms with Gasteiger partial charge in [0.2, 0.25) is 0 Å². The third-order valence-electron chi connectivity index (χ3n) is 2.69. The summed E-state index contributed by atoms with van der Waals surface area (Å²) < 4.78 is 5.63. The molecule has 0 heterocycles. The monoisotopic (exact) mass is 339 g/mol. The highest BCUT2D eigenvalue weighted by Crippen LogP contribution is 2.29. The van der Waals surface area contributed by atoms with Crippen molar-refractivity contribution in [2.24, 2.45) is 0 Å². The maximum absolute atomic E-state index is 12.4. The fourth-order valence-electron chi connectivity index (χ4n) is 1.68. The van der Waals surface area contributed by atoms with Crippen LogP contribution in [-0.2, 0) is 0 Å². The lowest BCUT2D eigenvalue weighted by atomic mass is 10.0. The number of carbonyl (C=O) groups is 1. The van der Waals surface area contributed by atoms with Gasteiger partial charge in [-0.15, -0.1) is 0 Å². The number of nitrogens with two attached hydrogens (primary N) is 1. The Kier molecular flexibility index (Phi) is 4.12. The Morgan fingerprint density at radius 1 is 1.26 bits per heavy atom. The average molecular weight is 341 g/mol. The van der Waals surface area contributed by atoms with Gasteiger partial charge in [-0.1, -0.05) is 17.7 Å². The summed E-state index contributed by atoms with van der Waals surface area (Å²) in [5, 5.41) is 0.346. The van der Waals surface area contributed by atoms with Crippen LogP contribution in [0.2, 0.25) is 5.02 Å². The third kappa shape index (κ3) is 2.74. The molecule has 2 aromatic rings. The number of methoxy groups -OCH3 is 1. The first-order valence-corrected chi connectivity index (χ1v) is 6.64. The van der Waals surface area contributed by atoms with Gasteiger partial charge in [0.05, 0.1) is 16.6 Å². The largest absolute Gasteiger partial charge is 0.497 e. The second-order valence-electron chi connectivity index (χ2n) is 3.88. The van der Waals surface area contributed by atoms with Gasteiger partial charge in [0.1, 0.15) is 5.75 Å². The van der Waals surface area contributed by atoms with Gasteiger partial charge in [-0.3, -0.25) is 4.79 Å². The van der Waals surface area contributed by atoms with E-state index in [4.69, 9.17) is 22.1 Å². The maximum Gasteiger partial charge on any atom is 0.195 e. The molecule has 2 rings (SSSR count). The highest BCUT2D eigenvalue weighted by molar-refractivity contribution is 9.10. The average Bonchev–Trinajstić information content (AvgIpc) is 2.41. The van der Waals surface area contributed by atoms with Gasteiger partial charge in [-0.05, 0) is 46.3 Å². The van der Waals surface area contributed by atoms with Crippen LogP contribution in [0, 0.1) is 0 Å². The van der Waals surface area contributed by atoms with Crippen LogP contribution in [0.4, 0.5) is 5.69 Å².